The van der Waals surface area contributed by atoms with Crippen LogP contribution in [0, 0.1) is 5.92 Å². The Hall–Kier alpha value is -1.31. The van der Waals surface area contributed by atoms with Crippen molar-refractivity contribution in [3.63, 3.8) is 0 Å². The maximum atomic E-state index is 12.4. The van der Waals surface area contributed by atoms with E-state index in [4.69, 9.17) is 10.5 Å². The molecule has 1 aliphatic heterocycles. The van der Waals surface area contributed by atoms with E-state index in [2.05, 4.69) is 4.72 Å². The van der Waals surface area contributed by atoms with Crippen LogP contribution in [0.25, 0.3) is 0 Å². The zero-order valence-corrected chi connectivity index (χ0v) is 12.5. The maximum Gasteiger partial charge on any atom is 0.244 e. The van der Waals surface area contributed by atoms with Crippen molar-refractivity contribution in [1.82, 2.24) is 4.72 Å². The van der Waals surface area contributed by atoms with Crippen molar-refractivity contribution < 1.29 is 18.3 Å². The van der Waals surface area contributed by atoms with Gasteiger partial charge < -0.3 is 15.6 Å². The predicted octanol–water partition coefficient (Wildman–Crippen LogP) is 0.643. The molecule has 0 amide bonds. The number of nitrogen functional groups attached to an aromatic ring is 1. The van der Waals surface area contributed by atoms with Crippen molar-refractivity contribution in [2.24, 2.45) is 5.92 Å². The summed E-state index contributed by atoms with van der Waals surface area (Å²) >= 11 is 0. The number of rotatable bonds is 5. The molecule has 21 heavy (non-hydrogen) atoms. The maximum absolute atomic E-state index is 12.4. The molecule has 0 radical (unpaired) electrons. The van der Waals surface area contributed by atoms with Crippen LogP contribution in [0.2, 0.25) is 0 Å². The molecule has 116 valence electrons. The van der Waals surface area contributed by atoms with E-state index in [1.54, 1.807) is 6.07 Å². The molecule has 0 spiro atoms. The standard InChI is InChI=1S/C14H20N2O4S/c15-11-6-10-2-1-5-20-14(10)13(7-11)21(18,19)16-8-12(17)9-3-4-9/h6-7,9,12,16-17H,1-5,8,15H2. The Morgan fingerprint density at radius 2 is 2.19 bits per heavy atom. The Labute approximate surface area is 124 Å². The lowest BCUT2D eigenvalue weighted by molar-refractivity contribution is 0.155. The van der Waals surface area contributed by atoms with Crippen LogP contribution in [-0.4, -0.2) is 32.8 Å². The Bertz CT molecular complexity index is 641. The highest BCUT2D eigenvalue weighted by molar-refractivity contribution is 7.89. The Kier molecular flexibility index (Phi) is 3.81. The minimum atomic E-state index is -3.74. The van der Waals surface area contributed by atoms with Crippen LogP contribution in [0.4, 0.5) is 5.69 Å². The second kappa shape index (κ2) is 5.47. The Balaban J connectivity index is 1.85. The van der Waals surface area contributed by atoms with Crippen LogP contribution in [0.15, 0.2) is 17.0 Å². The third kappa shape index (κ3) is 3.14. The first kappa shape index (κ1) is 14.6. The summed E-state index contributed by atoms with van der Waals surface area (Å²) in [4.78, 5) is 0.0696. The number of hydrogen-bond donors (Lipinski definition) is 3. The molecule has 1 aliphatic carbocycles. The number of ether oxygens (including phenoxy) is 1. The van der Waals surface area contributed by atoms with Crippen LogP contribution < -0.4 is 15.2 Å². The summed E-state index contributed by atoms with van der Waals surface area (Å²) in [5, 5.41) is 9.81. The fourth-order valence-electron chi connectivity index (χ4n) is 2.59. The number of anilines is 1. The number of benzene rings is 1. The molecule has 1 aromatic carbocycles. The summed E-state index contributed by atoms with van der Waals surface area (Å²) in [6.45, 7) is 0.528. The van der Waals surface area contributed by atoms with E-state index < -0.39 is 16.1 Å². The van der Waals surface area contributed by atoms with Crippen LogP contribution in [0.5, 0.6) is 5.75 Å². The number of hydrogen-bond acceptors (Lipinski definition) is 5. The van der Waals surface area contributed by atoms with Gasteiger partial charge in [-0.3, -0.25) is 0 Å². The molecule has 0 saturated heterocycles. The lowest BCUT2D eigenvalue weighted by atomic mass is 10.1. The molecular weight excluding hydrogens is 292 g/mol. The average molecular weight is 312 g/mol. The minimum absolute atomic E-state index is 0.0244. The Morgan fingerprint density at radius 1 is 1.43 bits per heavy atom. The molecule has 1 aromatic rings. The zero-order valence-electron chi connectivity index (χ0n) is 11.7. The molecule has 6 nitrogen and oxygen atoms in total. The molecule has 1 heterocycles. The number of nitrogens with one attached hydrogen (secondary N) is 1. The number of aliphatic hydroxyl groups excluding tert-OH is 1. The highest BCUT2D eigenvalue weighted by Crippen LogP contribution is 2.35. The van der Waals surface area contributed by atoms with Gasteiger partial charge in [0.1, 0.15) is 10.6 Å². The summed E-state index contributed by atoms with van der Waals surface area (Å²) in [6.07, 6.45) is 2.90. The minimum Gasteiger partial charge on any atom is -0.492 e. The van der Waals surface area contributed by atoms with Crippen molar-refractivity contribution in [3.8, 4) is 5.75 Å². The van der Waals surface area contributed by atoms with Crippen molar-refractivity contribution >= 4 is 15.7 Å². The smallest absolute Gasteiger partial charge is 0.244 e. The van der Waals surface area contributed by atoms with Gasteiger partial charge in [0.2, 0.25) is 10.0 Å². The molecule has 0 bridgehead atoms. The lowest BCUT2D eigenvalue weighted by Crippen LogP contribution is -2.33. The summed E-state index contributed by atoms with van der Waals surface area (Å²) in [5.41, 5.74) is 7.02. The van der Waals surface area contributed by atoms with Gasteiger partial charge in [0.25, 0.3) is 0 Å². The summed E-state index contributed by atoms with van der Waals surface area (Å²) in [5.74, 6) is 0.613. The topological polar surface area (TPSA) is 102 Å². The number of sulfonamides is 1. The van der Waals surface area contributed by atoms with E-state index >= 15 is 0 Å². The van der Waals surface area contributed by atoms with E-state index in [9.17, 15) is 13.5 Å². The SMILES string of the molecule is Nc1cc2c(c(S(=O)(=O)NCC(O)C3CC3)c1)OCCC2. The van der Waals surface area contributed by atoms with Crippen LogP contribution in [0.1, 0.15) is 24.8 Å². The molecule has 1 fully saturated rings. The van der Waals surface area contributed by atoms with Crippen LogP contribution in [-0.2, 0) is 16.4 Å². The zero-order chi connectivity index (χ0) is 15.0. The molecule has 1 saturated carbocycles. The predicted molar refractivity (Wildman–Crippen MR) is 78.6 cm³/mol. The quantitative estimate of drug-likeness (QED) is 0.693. The van der Waals surface area contributed by atoms with Gasteiger partial charge in [-0.15, -0.1) is 0 Å². The van der Waals surface area contributed by atoms with Gasteiger partial charge in [-0.2, -0.15) is 0 Å². The van der Waals surface area contributed by atoms with Gasteiger partial charge in [-0.25, -0.2) is 13.1 Å². The van der Waals surface area contributed by atoms with Gasteiger partial charge in [-0.05, 0) is 49.3 Å². The molecule has 1 atom stereocenters. The average Bonchev–Trinajstić information content (AvgIpc) is 3.28. The lowest BCUT2D eigenvalue weighted by Gasteiger charge is -2.21. The molecule has 3 rings (SSSR count). The molecule has 1 unspecified atom stereocenters. The fourth-order valence-corrected chi connectivity index (χ4v) is 3.86. The largest absolute Gasteiger partial charge is 0.492 e. The van der Waals surface area contributed by atoms with E-state index in [-0.39, 0.29) is 17.4 Å². The van der Waals surface area contributed by atoms with Gasteiger partial charge in [0.05, 0.1) is 12.7 Å². The number of aliphatic hydroxyl groups is 1. The highest BCUT2D eigenvalue weighted by atomic mass is 32.2. The van der Waals surface area contributed by atoms with Crippen molar-refractivity contribution in [2.45, 2.75) is 36.7 Å². The Morgan fingerprint density at radius 3 is 2.90 bits per heavy atom. The summed E-state index contributed by atoms with van der Waals surface area (Å²) in [7, 11) is -3.74. The number of fused-ring (bicyclic) bond motifs is 1. The summed E-state index contributed by atoms with van der Waals surface area (Å²) in [6, 6.07) is 3.17. The van der Waals surface area contributed by atoms with Crippen molar-refractivity contribution in [2.75, 3.05) is 18.9 Å². The van der Waals surface area contributed by atoms with E-state index in [0.29, 0.717) is 18.0 Å². The fraction of sp³-hybridized carbons (Fsp3) is 0.571. The first-order valence-electron chi connectivity index (χ1n) is 7.20. The second-order valence-electron chi connectivity index (χ2n) is 5.72. The third-order valence-corrected chi connectivity index (χ3v) is 5.36. The number of nitrogens with two attached hydrogens (primary N) is 1. The second-order valence-corrected chi connectivity index (χ2v) is 7.45. The van der Waals surface area contributed by atoms with Gasteiger partial charge in [-0.1, -0.05) is 0 Å². The highest BCUT2D eigenvalue weighted by Gasteiger charge is 2.31. The van der Waals surface area contributed by atoms with Gasteiger partial charge in [0, 0.05) is 12.2 Å². The first-order valence-corrected chi connectivity index (χ1v) is 8.68. The molecular formula is C14H20N2O4S. The van der Waals surface area contributed by atoms with Gasteiger partial charge >= 0.3 is 0 Å². The third-order valence-electron chi connectivity index (χ3n) is 3.93. The van der Waals surface area contributed by atoms with Crippen LogP contribution in [0.3, 0.4) is 0 Å². The van der Waals surface area contributed by atoms with Crippen molar-refractivity contribution in [1.29, 1.82) is 0 Å². The molecule has 0 aromatic heterocycles. The van der Waals surface area contributed by atoms with E-state index in [1.165, 1.54) is 6.07 Å². The monoisotopic (exact) mass is 312 g/mol. The number of aryl methyl sites for hydroxylation is 1. The molecule has 4 N–H and O–H groups in total. The summed E-state index contributed by atoms with van der Waals surface area (Å²) < 4.78 is 32.9. The van der Waals surface area contributed by atoms with E-state index in [1.807, 2.05) is 0 Å². The van der Waals surface area contributed by atoms with Crippen LogP contribution >= 0.6 is 0 Å². The molecule has 2 aliphatic rings. The first-order chi connectivity index (χ1) is 9.97. The van der Waals surface area contributed by atoms with E-state index in [0.717, 1.165) is 31.2 Å². The normalized spacial score (nSPS) is 19.7. The van der Waals surface area contributed by atoms with Gasteiger partial charge in [0.15, 0.2) is 0 Å². The van der Waals surface area contributed by atoms with Crippen molar-refractivity contribution in [3.05, 3.63) is 17.7 Å². The molecule has 7 heteroatoms.